The van der Waals surface area contributed by atoms with Crippen molar-refractivity contribution in [2.75, 3.05) is 44.8 Å². The maximum Gasteiger partial charge on any atom is 0.253 e. The Morgan fingerprint density at radius 1 is 1.45 bits per heavy atom. The van der Waals surface area contributed by atoms with Gasteiger partial charge in [0.1, 0.15) is 11.9 Å². The number of ether oxygens (including phenoxy) is 1. The fourth-order valence-corrected chi connectivity index (χ4v) is 2.40. The molecule has 0 saturated carbocycles. The molecule has 3 N–H and O–H groups in total. The van der Waals surface area contributed by atoms with Crippen LogP contribution in [0.5, 0.6) is 0 Å². The molecule has 2 heterocycles. The molecule has 1 aromatic rings. The number of hydrazine groups is 1. The van der Waals surface area contributed by atoms with Gasteiger partial charge in [-0.3, -0.25) is 15.1 Å². The van der Waals surface area contributed by atoms with Crippen LogP contribution in [0.3, 0.4) is 0 Å². The van der Waals surface area contributed by atoms with Crippen molar-refractivity contribution in [1.29, 1.82) is 0 Å². The highest BCUT2D eigenvalue weighted by Crippen LogP contribution is 2.14. The van der Waals surface area contributed by atoms with Crippen LogP contribution in [-0.2, 0) is 9.53 Å². The van der Waals surface area contributed by atoms with E-state index < -0.39 is 0 Å². The summed E-state index contributed by atoms with van der Waals surface area (Å²) >= 11 is 0. The number of carbonyl (C=O) groups excluding carboxylic acids is 1. The summed E-state index contributed by atoms with van der Waals surface area (Å²) in [5, 5.41) is 0. The number of carbonyl (C=O) groups is 1. The Hall–Kier alpha value is -1.70. The fourth-order valence-electron chi connectivity index (χ4n) is 2.40. The van der Waals surface area contributed by atoms with Gasteiger partial charge in [0.05, 0.1) is 6.61 Å². The Balaban J connectivity index is 1.94. The highest BCUT2D eigenvalue weighted by molar-refractivity contribution is 5.81. The van der Waals surface area contributed by atoms with E-state index in [-0.39, 0.29) is 11.9 Å². The molecule has 1 aliphatic rings. The number of nitrogens with two attached hydrogens (primary N) is 1. The molecule has 1 aliphatic heterocycles. The minimum atomic E-state index is -0.337. The molecule has 1 fully saturated rings. The number of pyridine rings is 1. The van der Waals surface area contributed by atoms with Gasteiger partial charge in [-0.15, -0.1) is 0 Å². The number of aromatic nitrogens is 1. The number of nitrogens with zero attached hydrogens (tertiary/aromatic N) is 3. The predicted molar refractivity (Wildman–Crippen MR) is 76.0 cm³/mol. The molecule has 1 unspecified atom stereocenters. The lowest BCUT2D eigenvalue weighted by Gasteiger charge is -2.38. The summed E-state index contributed by atoms with van der Waals surface area (Å²) in [5.74, 6) is 5.99. The summed E-state index contributed by atoms with van der Waals surface area (Å²) < 4.78 is 5.11. The van der Waals surface area contributed by atoms with Gasteiger partial charge in [-0.2, -0.15) is 0 Å². The standard InChI is InChI=1S/C13H21N5O2/c1-20-10-11(13(19)16-14)17-6-8-18(9-7-17)12-4-2-3-5-15-12/h2-5,11H,6-10,14H2,1H3,(H,16,19). The van der Waals surface area contributed by atoms with Crippen molar-refractivity contribution < 1.29 is 9.53 Å². The first-order valence-electron chi connectivity index (χ1n) is 6.65. The van der Waals surface area contributed by atoms with Gasteiger partial charge in [-0.05, 0) is 12.1 Å². The number of amides is 1. The van der Waals surface area contributed by atoms with Gasteiger partial charge < -0.3 is 9.64 Å². The topological polar surface area (TPSA) is 83.7 Å². The molecular weight excluding hydrogens is 258 g/mol. The van der Waals surface area contributed by atoms with Crippen molar-refractivity contribution in [3.05, 3.63) is 24.4 Å². The summed E-state index contributed by atoms with van der Waals surface area (Å²) in [6.07, 6.45) is 1.79. The van der Waals surface area contributed by atoms with Crippen LogP contribution in [0.4, 0.5) is 5.82 Å². The first-order chi connectivity index (χ1) is 9.76. The molecular formula is C13H21N5O2. The monoisotopic (exact) mass is 279 g/mol. The van der Waals surface area contributed by atoms with E-state index in [1.54, 1.807) is 13.3 Å². The van der Waals surface area contributed by atoms with Crippen molar-refractivity contribution in [2.45, 2.75) is 6.04 Å². The quantitative estimate of drug-likeness (QED) is 0.417. The van der Waals surface area contributed by atoms with Crippen LogP contribution in [0, 0.1) is 0 Å². The van der Waals surface area contributed by atoms with Crippen molar-refractivity contribution in [3.8, 4) is 0 Å². The second-order valence-corrected chi connectivity index (χ2v) is 4.69. The Morgan fingerprint density at radius 2 is 2.20 bits per heavy atom. The van der Waals surface area contributed by atoms with E-state index in [1.165, 1.54) is 0 Å². The number of hydrogen-bond donors (Lipinski definition) is 2. The average molecular weight is 279 g/mol. The molecule has 2 rings (SSSR count). The zero-order valence-electron chi connectivity index (χ0n) is 11.7. The molecule has 0 aromatic carbocycles. The molecule has 7 nitrogen and oxygen atoms in total. The Bertz CT molecular complexity index is 420. The molecule has 1 aromatic heterocycles. The normalized spacial score (nSPS) is 17.8. The first-order valence-corrected chi connectivity index (χ1v) is 6.65. The molecule has 20 heavy (non-hydrogen) atoms. The molecule has 1 atom stereocenters. The fraction of sp³-hybridized carbons (Fsp3) is 0.538. The molecule has 110 valence electrons. The molecule has 0 radical (unpaired) electrons. The van der Waals surface area contributed by atoms with E-state index in [0.717, 1.165) is 32.0 Å². The van der Waals surface area contributed by atoms with Crippen molar-refractivity contribution in [3.63, 3.8) is 0 Å². The summed E-state index contributed by atoms with van der Waals surface area (Å²) in [5.41, 5.74) is 2.20. The van der Waals surface area contributed by atoms with E-state index >= 15 is 0 Å². The Labute approximate surface area is 118 Å². The van der Waals surface area contributed by atoms with E-state index in [2.05, 4.69) is 20.2 Å². The molecule has 1 amide bonds. The number of anilines is 1. The SMILES string of the molecule is COCC(C(=O)NN)N1CCN(c2ccccn2)CC1. The van der Waals surface area contributed by atoms with Crippen LogP contribution in [0.25, 0.3) is 0 Å². The van der Waals surface area contributed by atoms with Crippen LogP contribution in [0.15, 0.2) is 24.4 Å². The lowest BCUT2D eigenvalue weighted by atomic mass is 10.2. The molecule has 0 bridgehead atoms. The number of rotatable bonds is 5. The van der Waals surface area contributed by atoms with Gasteiger partial charge in [0.2, 0.25) is 0 Å². The lowest BCUT2D eigenvalue weighted by Crippen LogP contribution is -2.57. The van der Waals surface area contributed by atoms with E-state index in [9.17, 15) is 4.79 Å². The zero-order valence-corrected chi connectivity index (χ0v) is 11.7. The third-order valence-corrected chi connectivity index (χ3v) is 3.50. The van der Waals surface area contributed by atoms with Crippen LogP contribution < -0.4 is 16.2 Å². The molecule has 0 spiro atoms. The van der Waals surface area contributed by atoms with Crippen LogP contribution in [0.1, 0.15) is 0 Å². The largest absolute Gasteiger partial charge is 0.383 e. The second kappa shape index (κ2) is 7.18. The number of hydrogen-bond acceptors (Lipinski definition) is 6. The van der Waals surface area contributed by atoms with Gasteiger partial charge in [0, 0.05) is 39.5 Å². The maximum atomic E-state index is 11.8. The zero-order chi connectivity index (χ0) is 14.4. The number of nitrogens with one attached hydrogen (secondary N) is 1. The van der Waals surface area contributed by atoms with Gasteiger partial charge in [0.25, 0.3) is 5.91 Å². The van der Waals surface area contributed by atoms with Crippen molar-refractivity contribution in [1.82, 2.24) is 15.3 Å². The van der Waals surface area contributed by atoms with Crippen molar-refractivity contribution in [2.24, 2.45) is 5.84 Å². The van der Waals surface area contributed by atoms with Gasteiger partial charge in [-0.1, -0.05) is 6.07 Å². The maximum absolute atomic E-state index is 11.8. The molecule has 7 heteroatoms. The summed E-state index contributed by atoms with van der Waals surface area (Å²) in [7, 11) is 1.58. The van der Waals surface area contributed by atoms with E-state index in [1.807, 2.05) is 18.2 Å². The molecule has 1 saturated heterocycles. The van der Waals surface area contributed by atoms with Crippen LogP contribution in [-0.4, -0.2) is 61.7 Å². The summed E-state index contributed by atoms with van der Waals surface area (Å²) in [6, 6.07) is 5.54. The highest BCUT2D eigenvalue weighted by atomic mass is 16.5. The third-order valence-electron chi connectivity index (χ3n) is 3.50. The van der Waals surface area contributed by atoms with Crippen LogP contribution in [0.2, 0.25) is 0 Å². The summed E-state index contributed by atoms with van der Waals surface area (Å²) in [4.78, 5) is 20.4. The average Bonchev–Trinajstić information content (AvgIpc) is 2.53. The highest BCUT2D eigenvalue weighted by Gasteiger charge is 2.28. The van der Waals surface area contributed by atoms with E-state index in [0.29, 0.717) is 6.61 Å². The smallest absolute Gasteiger partial charge is 0.253 e. The minimum Gasteiger partial charge on any atom is -0.383 e. The van der Waals surface area contributed by atoms with Crippen molar-refractivity contribution >= 4 is 11.7 Å². The van der Waals surface area contributed by atoms with Crippen LogP contribution >= 0.6 is 0 Å². The third kappa shape index (κ3) is 3.44. The molecule has 0 aliphatic carbocycles. The Morgan fingerprint density at radius 3 is 2.75 bits per heavy atom. The lowest BCUT2D eigenvalue weighted by molar-refractivity contribution is -0.128. The van der Waals surface area contributed by atoms with Gasteiger partial charge >= 0.3 is 0 Å². The Kier molecular flexibility index (Phi) is 5.28. The second-order valence-electron chi connectivity index (χ2n) is 4.69. The predicted octanol–water partition coefficient (Wildman–Crippen LogP) is -0.791. The minimum absolute atomic E-state index is 0.210. The summed E-state index contributed by atoms with van der Waals surface area (Å²) in [6.45, 7) is 3.55. The van der Waals surface area contributed by atoms with E-state index in [4.69, 9.17) is 10.6 Å². The van der Waals surface area contributed by atoms with Gasteiger partial charge in [-0.25, -0.2) is 10.8 Å². The first kappa shape index (κ1) is 14.7. The number of piperazine rings is 1. The number of methoxy groups -OCH3 is 1. The van der Waals surface area contributed by atoms with Gasteiger partial charge in [0.15, 0.2) is 0 Å².